The van der Waals surface area contributed by atoms with E-state index in [0.717, 1.165) is 29.5 Å². The highest BCUT2D eigenvalue weighted by molar-refractivity contribution is 7.92. The van der Waals surface area contributed by atoms with E-state index in [0.29, 0.717) is 12.8 Å². The lowest BCUT2D eigenvalue weighted by Gasteiger charge is -2.20. The Bertz CT molecular complexity index is 1240. The lowest BCUT2D eigenvalue weighted by Crippen LogP contribution is -2.41. The first-order valence-corrected chi connectivity index (χ1v) is 13.2. The first-order valence-electron chi connectivity index (χ1n) is 11.3. The highest BCUT2D eigenvalue weighted by Crippen LogP contribution is 2.42. The molecule has 0 spiro atoms. The lowest BCUT2D eigenvalue weighted by molar-refractivity contribution is -0.127. The van der Waals surface area contributed by atoms with E-state index in [4.69, 9.17) is 21.1 Å². The van der Waals surface area contributed by atoms with Crippen molar-refractivity contribution in [2.24, 2.45) is 11.8 Å². The normalized spacial score (nSPS) is 22.9. The summed E-state index contributed by atoms with van der Waals surface area (Å²) < 4.78 is 51.2. The van der Waals surface area contributed by atoms with Crippen molar-refractivity contribution < 1.29 is 27.1 Å². The summed E-state index contributed by atoms with van der Waals surface area (Å²) in [4.78, 5) is 12.9. The molecule has 0 aromatic heterocycles. The summed E-state index contributed by atoms with van der Waals surface area (Å²) in [5, 5.41) is 11.1. The molecule has 1 N–H and O–H groups in total. The molecule has 2 aliphatic rings. The number of carbonyl (C=O) groups excluding carboxylic acids is 1. The van der Waals surface area contributed by atoms with Crippen molar-refractivity contribution >= 4 is 27.3 Å². The maximum atomic E-state index is 13.5. The van der Waals surface area contributed by atoms with Gasteiger partial charge in [-0.25, -0.2) is 12.8 Å². The second-order valence-corrected chi connectivity index (χ2v) is 11.7. The van der Waals surface area contributed by atoms with Gasteiger partial charge >= 0.3 is 0 Å². The average molecular weight is 521 g/mol. The Labute approximate surface area is 209 Å². The van der Waals surface area contributed by atoms with Gasteiger partial charge < -0.3 is 14.8 Å². The van der Waals surface area contributed by atoms with Crippen LogP contribution in [0.5, 0.6) is 5.75 Å². The van der Waals surface area contributed by atoms with Crippen LogP contribution >= 0.6 is 11.6 Å². The molecule has 3 atom stereocenters. The van der Waals surface area contributed by atoms with Gasteiger partial charge in [-0.2, -0.15) is 5.26 Å². The summed E-state index contributed by atoms with van der Waals surface area (Å²) in [6.07, 6.45) is 1.41. The number of halogens is 2. The summed E-state index contributed by atoms with van der Waals surface area (Å²) in [5.74, 6) is -1.27. The van der Waals surface area contributed by atoms with Gasteiger partial charge in [-0.15, -0.1) is 0 Å². The van der Waals surface area contributed by atoms with Crippen LogP contribution in [0.4, 0.5) is 4.39 Å². The fourth-order valence-electron chi connectivity index (χ4n) is 4.49. The Morgan fingerprint density at radius 2 is 1.94 bits per heavy atom. The molecule has 2 aliphatic carbocycles. The molecular weight excluding hydrogens is 495 g/mol. The van der Waals surface area contributed by atoms with Gasteiger partial charge in [0.05, 0.1) is 41.6 Å². The van der Waals surface area contributed by atoms with Gasteiger partial charge in [-0.3, -0.25) is 4.79 Å². The predicted molar refractivity (Wildman–Crippen MR) is 127 cm³/mol. The highest BCUT2D eigenvalue weighted by atomic mass is 35.5. The van der Waals surface area contributed by atoms with Gasteiger partial charge in [0.2, 0.25) is 5.91 Å². The standard InChI is InChI=1S/C25H26ClFN2O5S/c1-33-19-5-2-16(3-6-19)13-34-14-17-10-20(12-21(17)24(30)29-25(15-28)8-9-25)35(31,32)23-7-4-18(27)11-22(23)26/h2-7,11,17,20-21H,8-10,12-14H2,1H3,(H,29,30)/t17-,20-,21+/m0/s1. The van der Waals surface area contributed by atoms with E-state index in [-0.39, 0.29) is 47.8 Å². The maximum Gasteiger partial charge on any atom is 0.224 e. The first kappa shape index (κ1) is 25.4. The molecule has 2 saturated carbocycles. The molecular formula is C25H26ClFN2O5S. The number of hydrogen-bond donors (Lipinski definition) is 1. The zero-order valence-electron chi connectivity index (χ0n) is 19.2. The van der Waals surface area contributed by atoms with Gasteiger partial charge in [0.15, 0.2) is 9.84 Å². The average Bonchev–Trinajstić information content (AvgIpc) is 3.46. The second-order valence-electron chi connectivity index (χ2n) is 9.13. The Morgan fingerprint density at radius 3 is 2.54 bits per heavy atom. The Hall–Kier alpha value is -2.67. The highest BCUT2D eigenvalue weighted by Gasteiger charge is 2.50. The minimum Gasteiger partial charge on any atom is -0.497 e. The number of methoxy groups -OCH3 is 1. The molecule has 35 heavy (non-hydrogen) atoms. The molecule has 186 valence electrons. The molecule has 0 unspecified atom stereocenters. The molecule has 2 fully saturated rings. The summed E-state index contributed by atoms with van der Waals surface area (Å²) in [5.41, 5.74) is 0.0523. The number of nitrogens with zero attached hydrogens (tertiary/aromatic N) is 1. The van der Waals surface area contributed by atoms with Gasteiger partial charge in [0.1, 0.15) is 17.1 Å². The van der Waals surface area contributed by atoms with E-state index in [9.17, 15) is 22.9 Å². The fourth-order valence-corrected chi connectivity index (χ4v) is 6.88. The van der Waals surface area contributed by atoms with Crippen molar-refractivity contribution in [3.8, 4) is 11.8 Å². The van der Waals surface area contributed by atoms with Crippen molar-refractivity contribution in [1.29, 1.82) is 5.26 Å². The Balaban J connectivity index is 1.50. The molecule has 2 aromatic carbocycles. The van der Waals surface area contributed by atoms with Gasteiger partial charge in [-0.05, 0) is 67.5 Å². The Kier molecular flexibility index (Phi) is 7.36. The lowest BCUT2D eigenvalue weighted by atomic mass is 9.95. The van der Waals surface area contributed by atoms with E-state index in [1.165, 1.54) is 0 Å². The monoisotopic (exact) mass is 520 g/mol. The van der Waals surface area contributed by atoms with E-state index >= 15 is 0 Å². The summed E-state index contributed by atoms with van der Waals surface area (Å²) in [6.45, 7) is 0.463. The van der Waals surface area contributed by atoms with Crippen LogP contribution in [0.2, 0.25) is 5.02 Å². The van der Waals surface area contributed by atoms with E-state index in [1.54, 1.807) is 7.11 Å². The molecule has 1 amide bonds. The van der Waals surface area contributed by atoms with Crippen LogP contribution in [0.15, 0.2) is 47.4 Å². The number of ether oxygens (including phenoxy) is 2. The van der Waals surface area contributed by atoms with Crippen LogP contribution in [-0.4, -0.2) is 38.8 Å². The van der Waals surface area contributed by atoms with Crippen LogP contribution < -0.4 is 10.1 Å². The minimum absolute atomic E-state index is 0.0694. The molecule has 0 aliphatic heterocycles. The molecule has 0 bridgehead atoms. The molecule has 0 radical (unpaired) electrons. The first-order chi connectivity index (χ1) is 16.7. The van der Waals surface area contributed by atoms with Crippen molar-refractivity contribution in [1.82, 2.24) is 5.32 Å². The van der Waals surface area contributed by atoms with Crippen LogP contribution in [0.1, 0.15) is 31.2 Å². The molecule has 0 heterocycles. The topological polar surface area (TPSA) is 105 Å². The number of sulfone groups is 1. The third kappa shape index (κ3) is 5.61. The smallest absolute Gasteiger partial charge is 0.224 e. The second kappa shape index (κ2) is 10.1. The SMILES string of the molecule is COc1ccc(COC[C@@H]2C[C@H](S(=O)(=O)c3ccc(F)cc3Cl)C[C@H]2C(=O)NC2(C#N)CC2)cc1. The maximum absolute atomic E-state index is 13.5. The minimum atomic E-state index is -3.92. The fraction of sp³-hybridized carbons (Fsp3) is 0.440. The quantitative estimate of drug-likeness (QED) is 0.500. The molecule has 0 saturated heterocycles. The molecule has 10 heteroatoms. The zero-order chi connectivity index (χ0) is 25.2. The van der Waals surface area contributed by atoms with E-state index in [2.05, 4.69) is 11.4 Å². The summed E-state index contributed by atoms with van der Waals surface area (Å²) in [7, 11) is -2.34. The van der Waals surface area contributed by atoms with Crippen molar-refractivity contribution in [3.63, 3.8) is 0 Å². The van der Waals surface area contributed by atoms with Gasteiger partial charge in [0.25, 0.3) is 0 Å². The summed E-state index contributed by atoms with van der Waals surface area (Å²) >= 11 is 6.05. The van der Waals surface area contributed by atoms with Crippen molar-refractivity contribution in [3.05, 3.63) is 58.9 Å². The van der Waals surface area contributed by atoms with Crippen molar-refractivity contribution in [2.75, 3.05) is 13.7 Å². The molecule has 2 aromatic rings. The number of hydrogen-bond acceptors (Lipinski definition) is 6. The van der Waals surface area contributed by atoms with Crippen LogP contribution in [0, 0.1) is 29.0 Å². The van der Waals surface area contributed by atoms with Crippen LogP contribution in [0.25, 0.3) is 0 Å². The summed E-state index contributed by atoms with van der Waals surface area (Å²) in [6, 6.07) is 12.7. The number of rotatable bonds is 9. The molecule has 7 nitrogen and oxygen atoms in total. The number of amides is 1. The van der Waals surface area contributed by atoms with Gasteiger partial charge in [0, 0.05) is 5.92 Å². The number of benzene rings is 2. The third-order valence-electron chi connectivity index (χ3n) is 6.71. The zero-order valence-corrected chi connectivity index (χ0v) is 20.7. The van der Waals surface area contributed by atoms with E-state index < -0.39 is 32.4 Å². The third-order valence-corrected chi connectivity index (χ3v) is 9.37. The number of nitrogens with one attached hydrogen (secondary N) is 1. The molecule has 4 rings (SSSR count). The largest absolute Gasteiger partial charge is 0.497 e. The Morgan fingerprint density at radius 1 is 1.23 bits per heavy atom. The van der Waals surface area contributed by atoms with Crippen molar-refractivity contribution in [2.45, 2.75) is 48.0 Å². The van der Waals surface area contributed by atoms with Crippen LogP contribution in [-0.2, 0) is 26.0 Å². The number of carbonyl (C=O) groups is 1. The van der Waals surface area contributed by atoms with E-state index in [1.807, 2.05) is 24.3 Å². The van der Waals surface area contributed by atoms with Crippen LogP contribution in [0.3, 0.4) is 0 Å². The number of nitriles is 1. The predicted octanol–water partition coefficient (Wildman–Crippen LogP) is 4.05. The van der Waals surface area contributed by atoms with Gasteiger partial charge in [-0.1, -0.05) is 23.7 Å².